The summed E-state index contributed by atoms with van der Waals surface area (Å²) in [7, 11) is 1.39. The molecule has 2 aromatic rings. The van der Waals surface area contributed by atoms with Crippen LogP contribution in [0.2, 0.25) is 0 Å². The molecule has 0 atom stereocenters. The lowest BCUT2D eigenvalue weighted by molar-refractivity contribution is -0.384. The standard InChI is InChI=1S/C20H24N4O6/c1-29-18-11-15(24(27)28)4-5-17(18)22-19(25)13-23-8-6-14(7-9-23)20(26)21-12-16-3-2-10-30-16/h2-5,10-11,14H,6-9,12-13H2,1H3,(H,21,26)(H,22,25). The molecule has 0 spiro atoms. The van der Waals surface area contributed by atoms with Crippen LogP contribution in [0.3, 0.4) is 0 Å². The number of amides is 2. The summed E-state index contributed by atoms with van der Waals surface area (Å²) in [6, 6.07) is 7.61. The van der Waals surface area contributed by atoms with Gasteiger partial charge in [0.05, 0.1) is 43.1 Å². The molecule has 30 heavy (non-hydrogen) atoms. The Hall–Kier alpha value is -3.40. The highest BCUT2D eigenvalue weighted by Crippen LogP contribution is 2.29. The first-order valence-electron chi connectivity index (χ1n) is 9.61. The van der Waals surface area contributed by atoms with E-state index in [1.54, 1.807) is 18.4 Å². The van der Waals surface area contributed by atoms with Gasteiger partial charge in [-0.3, -0.25) is 24.6 Å². The van der Waals surface area contributed by atoms with E-state index in [9.17, 15) is 19.7 Å². The second kappa shape index (κ2) is 9.88. The first-order chi connectivity index (χ1) is 14.5. The van der Waals surface area contributed by atoms with Gasteiger partial charge in [-0.2, -0.15) is 0 Å². The number of furan rings is 1. The van der Waals surface area contributed by atoms with Crippen LogP contribution < -0.4 is 15.4 Å². The van der Waals surface area contributed by atoms with E-state index in [-0.39, 0.29) is 35.7 Å². The third-order valence-electron chi connectivity index (χ3n) is 5.01. The number of non-ortho nitro benzene ring substituents is 1. The molecule has 1 aromatic heterocycles. The molecule has 0 bridgehead atoms. The minimum absolute atomic E-state index is 0.00822. The van der Waals surface area contributed by atoms with Crippen molar-refractivity contribution in [2.75, 3.05) is 32.1 Å². The Kier molecular flexibility index (Phi) is 7.02. The molecule has 160 valence electrons. The quantitative estimate of drug-likeness (QED) is 0.499. The number of carbonyl (C=O) groups excluding carboxylic acids is 2. The molecule has 0 saturated carbocycles. The third kappa shape index (κ3) is 5.57. The molecule has 0 aliphatic carbocycles. The van der Waals surface area contributed by atoms with E-state index in [1.165, 1.54) is 25.3 Å². The van der Waals surface area contributed by atoms with Gasteiger partial charge in [-0.25, -0.2) is 0 Å². The van der Waals surface area contributed by atoms with Crippen LogP contribution in [0, 0.1) is 16.0 Å². The molecular weight excluding hydrogens is 392 g/mol. The van der Waals surface area contributed by atoms with Crippen molar-refractivity contribution in [2.24, 2.45) is 5.92 Å². The van der Waals surface area contributed by atoms with Crippen molar-refractivity contribution in [3.63, 3.8) is 0 Å². The molecule has 2 amide bonds. The normalized spacial score (nSPS) is 14.8. The van der Waals surface area contributed by atoms with Gasteiger partial charge in [-0.1, -0.05) is 0 Å². The van der Waals surface area contributed by atoms with Crippen LogP contribution in [0.15, 0.2) is 41.0 Å². The number of ether oxygens (including phenoxy) is 1. The van der Waals surface area contributed by atoms with Gasteiger partial charge in [-0.05, 0) is 44.1 Å². The summed E-state index contributed by atoms with van der Waals surface area (Å²) in [5.74, 6) is 0.589. The van der Waals surface area contributed by atoms with E-state index in [0.29, 0.717) is 43.9 Å². The lowest BCUT2D eigenvalue weighted by atomic mass is 9.96. The van der Waals surface area contributed by atoms with E-state index >= 15 is 0 Å². The predicted octanol–water partition coefficient (Wildman–Crippen LogP) is 2.16. The fraction of sp³-hybridized carbons (Fsp3) is 0.400. The first kappa shape index (κ1) is 21.3. The van der Waals surface area contributed by atoms with E-state index in [0.717, 1.165) is 0 Å². The number of nitrogens with one attached hydrogen (secondary N) is 2. The molecule has 0 radical (unpaired) electrons. The second-order valence-electron chi connectivity index (χ2n) is 7.04. The van der Waals surface area contributed by atoms with Gasteiger partial charge in [0.1, 0.15) is 11.5 Å². The highest BCUT2D eigenvalue weighted by atomic mass is 16.6. The zero-order chi connectivity index (χ0) is 21.5. The molecule has 1 saturated heterocycles. The number of anilines is 1. The molecule has 1 aliphatic rings. The minimum Gasteiger partial charge on any atom is -0.494 e. The van der Waals surface area contributed by atoms with Gasteiger partial charge in [0.15, 0.2) is 0 Å². The first-order valence-corrected chi connectivity index (χ1v) is 9.61. The van der Waals surface area contributed by atoms with Gasteiger partial charge in [-0.15, -0.1) is 0 Å². The topological polar surface area (TPSA) is 127 Å². The van der Waals surface area contributed by atoms with Crippen molar-refractivity contribution >= 4 is 23.2 Å². The fourth-order valence-corrected chi connectivity index (χ4v) is 3.37. The van der Waals surface area contributed by atoms with Gasteiger partial charge < -0.3 is 19.8 Å². The second-order valence-corrected chi connectivity index (χ2v) is 7.04. The number of methoxy groups -OCH3 is 1. The predicted molar refractivity (Wildman–Crippen MR) is 108 cm³/mol. The molecule has 1 aromatic carbocycles. The molecule has 1 fully saturated rings. The Morgan fingerprint density at radius 1 is 1.30 bits per heavy atom. The number of benzene rings is 1. The SMILES string of the molecule is COc1cc([N+](=O)[O-])ccc1NC(=O)CN1CCC(C(=O)NCc2ccco2)CC1. The van der Waals surface area contributed by atoms with E-state index in [2.05, 4.69) is 10.6 Å². The summed E-state index contributed by atoms with van der Waals surface area (Å²) in [6.07, 6.45) is 2.90. The zero-order valence-electron chi connectivity index (χ0n) is 16.6. The summed E-state index contributed by atoms with van der Waals surface area (Å²) in [4.78, 5) is 37.0. The lowest BCUT2D eigenvalue weighted by Gasteiger charge is -2.30. The van der Waals surface area contributed by atoms with Crippen molar-refractivity contribution in [2.45, 2.75) is 19.4 Å². The molecule has 3 rings (SSSR count). The van der Waals surface area contributed by atoms with Gasteiger partial charge in [0, 0.05) is 12.0 Å². The molecule has 1 aliphatic heterocycles. The van der Waals surface area contributed by atoms with Crippen LogP contribution in [0.25, 0.3) is 0 Å². The van der Waals surface area contributed by atoms with Gasteiger partial charge in [0.25, 0.3) is 5.69 Å². The number of piperidine rings is 1. The Morgan fingerprint density at radius 3 is 2.70 bits per heavy atom. The zero-order valence-corrected chi connectivity index (χ0v) is 16.6. The fourth-order valence-electron chi connectivity index (χ4n) is 3.37. The molecule has 0 unspecified atom stereocenters. The number of nitro benzene ring substituents is 1. The highest BCUT2D eigenvalue weighted by Gasteiger charge is 2.26. The maximum atomic E-state index is 12.4. The third-order valence-corrected chi connectivity index (χ3v) is 5.01. The van der Waals surface area contributed by atoms with Crippen LogP contribution in [0.5, 0.6) is 5.75 Å². The Bertz CT molecular complexity index is 891. The number of nitro groups is 1. The summed E-state index contributed by atoms with van der Waals surface area (Å²) in [6.45, 7) is 1.79. The lowest BCUT2D eigenvalue weighted by Crippen LogP contribution is -2.43. The number of hydrogen-bond acceptors (Lipinski definition) is 7. The molecule has 10 heteroatoms. The van der Waals surface area contributed by atoms with E-state index < -0.39 is 4.92 Å². The van der Waals surface area contributed by atoms with Crippen LogP contribution >= 0.6 is 0 Å². The molecule has 2 N–H and O–H groups in total. The summed E-state index contributed by atoms with van der Waals surface area (Å²) in [5.41, 5.74) is 0.262. The summed E-state index contributed by atoms with van der Waals surface area (Å²) >= 11 is 0. The number of rotatable bonds is 8. The average molecular weight is 416 g/mol. The van der Waals surface area contributed by atoms with Crippen LogP contribution in [-0.2, 0) is 16.1 Å². The maximum absolute atomic E-state index is 12.4. The number of nitrogens with zero attached hydrogens (tertiary/aromatic N) is 2. The van der Waals surface area contributed by atoms with Crippen LogP contribution in [-0.4, -0.2) is 48.4 Å². The molecular formula is C20H24N4O6. The number of carbonyl (C=O) groups is 2. The maximum Gasteiger partial charge on any atom is 0.273 e. The van der Waals surface area contributed by atoms with Crippen LogP contribution in [0.4, 0.5) is 11.4 Å². The summed E-state index contributed by atoms with van der Waals surface area (Å²) < 4.78 is 10.3. The van der Waals surface area contributed by atoms with Crippen molar-refractivity contribution in [1.82, 2.24) is 10.2 Å². The Morgan fingerprint density at radius 2 is 2.07 bits per heavy atom. The van der Waals surface area contributed by atoms with Crippen LogP contribution in [0.1, 0.15) is 18.6 Å². The monoisotopic (exact) mass is 416 g/mol. The van der Waals surface area contributed by atoms with Gasteiger partial charge in [0.2, 0.25) is 11.8 Å². The average Bonchev–Trinajstić information content (AvgIpc) is 3.26. The minimum atomic E-state index is -0.525. The van der Waals surface area contributed by atoms with Crippen molar-refractivity contribution in [3.05, 3.63) is 52.5 Å². The summed E-state index contributed by atoms with van der Waals surface area (Å²) in [5, 5.41) is 16.5. The Balaban J connectivity index is 1.45. The largest absolute Gasteiger partial charge is 0.494 e. The smallest absolute Gasteiger partial charge is 0.273 e. The van der Waals surface area contributed by atoms with E-state index in [1.807, 2.05) is 4.90 Å². The molecule has 10 nitrogen and oxygen atoms in total. The number of hydrogen-bond donors (Lipinski definition) is 2. The highest BCUT2D eigenvalue weighted by molar-refractivity contribution is 5.94. The molecule has 2 heterocycles. The Labute approximate surface area is 173 Å². The van der Waals surface area contributed by atoms with Gasteiger partial charge >= 0.3 is 0 Å². The van der Waals surface area contributed by atoms with Crippen molar-refractivity contribution < 1.29 is 23.7 Å². The van der Waals surface area contributed by atoms with E-state index in [4.69, 9.17) is 9.15 Å². The van der Waals surface area contributed by atoms with Crippen molar-refractivity contribution in [3.8, 4) is 5.75 Å². The number of likely N-dealkylation sites (tertiary alicyclic amines) is 1. The van der Waals surface area contributed by atoms with Crippen molar-refractivity contribution in [1.29, 1.82) is 0 Å².